The number of carboxylic acids is 1. The topological polar surface area (TPSA) is 94.1 Å². The molecule has 0 aromatic rings. The molecule has 2 N–H and O–H groups in total. The number of aliphatic carboxylic acids is 1. The highest BCUT2D eigenvalue weighted by atomic mass is 16.5. The lowest BCUT2D eigenvalue weighted by atomic mass is 9.54. The van der Waals surface area contributed by atoms with E-state index in [4.69, 9.17) is 14.2 Å². The first-order valence-electron chi connectivity index (χ1n) is 8.69. The fraction of sp³-hybridized carbons (Fsp3) is 0.882. The monoisotopic (exact) mass is 343 g/mol. The van der Waals surface area contributed by atoms with Gasteiger partial charge in [-0.1, -0.05) is 13.8 Å². The van der Waals surface area contributed by atoms with Crippen LogP contribution in [0.2, 0.25) is 0 Å². The van der Waals surface area contributed by atoms with E-state index in [1.54, 1.807) is 0 Å². The normalized spacial score (nSPS) is 31.5. The van der Waals surface area contributed by atoms with E-state index in [1.165, 1.54) is 0 Å². The molecule has 0 radical (unpaired) electrons. The SMILES string of the molecule is CCOC1CC(NC(=O)CCOCC2CCCO2)(C(=O)O)C1(C)C. The quantitative estimate of drug-likeness (QED) is 0.614. The number of carbonyl (C=O) groups excluding carboxylic acids is 1. The molecule has 0 aromatic carbocycles. The lowest BCUT2D eigenvalue weighted by Crippen LogP contribution is -2.76. The van der Waals surface area contributed by atoms with Crippen molar-refractivity contribution >= 4 is 11.9 Å². The second kappa shape index (κ2) is 7.80. The molecule has 7 nitrogen and oxygen atoms in total. The second-order valence-corrected chi connectivity index (χ2v) is 7.09. The Morgan fingerprint density at radius 1 is 1.38 bits per heavy atom. The predicted octanol–water partition coefficient (Wildman–Crippen LogP) is 1.35. The van der Waals surface area contributed by atoms with Gasteiger partial charge in [0.05, 0.1) is 25.4 Å². The van der Waals surface area contributed by atoms with E-state index in [-0.39, 0.29) is 37.6 Å². The molecule has 0 bridgehead atoms. The number of hydrogen-bond acceptors (Lipinski definition) is 5. The summed E-state index contributed by atoms with van der Waals surface area (Å²) in [5, 5.41) is 12.4. The Balaban J connectivity index is 1.80. The van der Waals surface area contributed by atoms with Crippen LogP contribution in [0.1, 0.15) is 46.5 Å². The van der Waals surface area contributed by atoms with Crippen molar-refractivity contribution < 1.29 is 28.9 Å². The van der Waals surface area contributed by atoms with Gasteiger partial charge in [-0.15, -0.1) is 0 Å². The smallest absolute Gasteiger partial charge is 0.330 e. The summed E-state index contributed by atoms with van der Waals surface area (Å²) in [6.07, 6.45) is 2.40. The Morgan fingerprint density at radius 2 is 2.12 bits per heavy atom. The van der Waals surface area contributed by atoms with E-state index in [0.29, 0.717) is 13.2 Å². The number of carbonyl (C=O) groups is 2. The number of carboxylic acid groups (broad SMARTS) is 1. The van der Waals surface area contributed by atoms with Gasteiger partial charge in [-0.25, -0.2) is 4.79 Å². The molecule has 1 saturated heterocycles. The number of hydrogen-bond donors (Lipinski definition) is 2. The molecule has 7 heteroatoms. The molecule has 2 fully saturated rings. The summed E-state index contributed by atoms with van der Waals surface area (Å²) in [7, 11) is 0. The molecule has 0 spiro atoms. The molecular formula is C17H29NO6. The largest absolute Gasteiger partial charge is 0.479 e. The third-order valence-electron chi connectivity index (χ3n) is 5.28. The molecule has 2 rings (SSSR count). The average molecular weight is 343 g/mol. The molecule has 0 aromatic heterocycles. The third kappa shape index (κ3) is 3.73. The molecule has 3 unspecified atom stereocenters. The average Bonchev–Trinajstić information content (AvgIpc) is 3.03. The van der Waals surface area contributed by atoms with E-state index in [0.717, 1.165) is 19.4 Å². The first kappa shape index (κ1) is 19.1. The summed E-state index contributed by atoms with van der Waals surface area (Å²) in [6, 6.07) is 0. The summed E-state index contributed by atoms with van der Waals surface area (Å²) in [6.45, 7) is 7.55. The van der Waals surface area contributed by atoms with Crippen LogP contribution >= 0.6 is 0 Å². The molecule has 138 valence electrons. The van der Waals surface area contributed by atoms with Crippen molar-refractivity contribution in [2.75, 3.05) is 26.4 Å². The first-order chi connectivity index (χ1) is 11.3. The Bertz CT molecular complexity index is 460. The maximum absolute atomic E-state index is 12.2. The van der Waals surface area contributed by atoms with Gasteiger partial charge in [0.2, 0.25) is 5.91 Å². The van der Waals surface area contributed by atoms with Crippen molar-refractivity contribution in [3.63, 3.8) is 0 Å². The van der Waals surface area contributed by atoms with Gasteiger partial charge in [0.1, 0.15) is 5.54 Å². The van der Waals surface area contributed by atoms with Crippen molar-refractivity contribution in [3.05, 3.63) is 0 Å². The van der Waals surface area contributed by atoms with Crippen LogP contribution in [0, 0.1) is 5.41 Å². The molecule has 3 atom stereocenters. The standard InChI is InChI=1S/C17H29NO6/c1-4-23-13-10-17(15(20)21,16(13,2)3)18-14(19)7-9-22-11-12-6-5-8-24-12/h12-13H,4-11H2,1-3H3,(H,18,19)(H,20,21). The van der Waals surface area contributed by atoms with Crippen LogP contribution < -0.4 is 5.32 Å². The van der Waals surface area contributed by atoms with Gasteiger partial charge in [0, 0.05) is 31.5 Å². The van der Waals surface area contributed by atoms with Crippen LogP contribution in [0.25, 0.3) is 0 Å². The zero-order valence-electron chi connectivity index (χ0n) is 14.8. The highest BCUT2D eigenvalue weighted by molar-refractivity contribution is 5.89. The molecule has 1 heterocycles. The minimum Gasteiger partial charge on any atom is -0.479 e. The van der Waals surface area contributed by atoms with Crippen LogP contribution in [0.4, 0.5) is 0 Å². The number of nitrogens with one attached hydrogen (secondary N) is 1. The van der Waals surface area contributed by atoms with E-state index in [2.05, 4.69) is 5.32 Å². The number of amides is 1. The van der Waals surface area contributed by atoms with E-state index >= 15 is 0 Å². The number of rotatable bonds is 9. The van der Waals surface area contributed by atoms with Crippen LogP contribution in [0.15, 0.2) is 0 Å². The molecule has 1 aliphatic carbocycles. The summed E-state index contributed by atoms with van der Waals surface area (Å²) in [5.74, 6) is -1.33. The molecule has 1 amide bonds. The van der Waals surface area contributed by atoms with Crippen LogP contribution in [0.5, 0.6) is 0 Å². The third-order valence-corrected chi connectivity index (χ3v) is 5.28. The maximum atomic E-state index is 12.2. The van der Waals surface area contributed by atoms with E-state index in [9.17, 15) is 14.7 Å². The van der Waals surface area contributed by atoms with E-state index in [1.807, 2.05) is 20.8 Å². The van der Waals surface area contributed by atoms with Crippen molar-refractivity contribution in [2.45, 2.75) is 64.2 Å². The van der Waals surface area contributed by atoms with Gasteiger partial charge >= 0.3 is 5.97 Å². The van der Waals surface area contributed by atoms with Crippen molar-refractivity contribution in [2.24, 2.45) is 5.41 Å². The highest BCUT2D eigenvalue weighted by Crippen LogP contribution is 2.51. The molecule has 2 aliphatic rings. The van der Waals surface area contributed by atoms with Crippen LogP contribution in [0.3, 0.4) is 0 Å². The Hall–Kier alpha value is -1.18. The molecule has 24 heavy (non-hydrogen) atoms. The lowest BCUT2D eigenvalue weighted by molar-refractivity contribution is -0.194. The summed E-state index contributed by atoms with van der Waals surface area (Å²) >= 11 is 0. The number of ether oxygens (including phenoxy) is 3. The van der Waals surface area contributed by atoms with Gasteiger partial charge < -0.3 is 24.6 Å². The van der Waals surface area contributed by atoms with E-state index < -0.39 is 16.9 Å². The Morgan fingerprint density at radius 3 is 2.67 bits per heavy atom. The lowest BCUT2D eigenvalue weighted by Gasteiger charge is -2.58. The Labute approximate surface area is 143 Å². The maximum Gasteiger partial charge on any atom is 0.330 e. The molecule has 1 aliphatic heterocycles. The van der Waals surface area contributed by atoms with Crippen LogP contribution in [-0.4, -0.2) is 61.2 Å². The van der Waals surface area contributed by atoms with Crippen molar-refractivity contribution in [1.82, 2.24) is 5.32 Å². The fourth-order valence-corrected chi connectivity index (χ4v) is 3.49. The van der Waals surface area contributed by atoms with Crippen LogP contribution in [-0.2, 0) is 23.8 Å². The van der Waals surface area contributed by atoms with Gasteiger partial charge in [0.15, 0.2) is 0 Å². The molecule has 1 saturated carbocycles. The minimum absolute atomic E-state index is 0.121. The van der Waals surface area contributed by atoms with Gasteiger partial charge in [-0.3, -0.25) is 4.79 Å². The molecular weight excluding hydrogens is 314 g/mol. The zero-order valence-corrected chi connectivity index (χ0v) is 14.8. The van der Waals surface area contributed by atoms with Gasteiger partial charge in [-0.05, 0) is 19.8 Å². The zero-order chi connectivity index (χ0) is 17.8. The summed E-state index contributed by atoms with van der Waals surface area (Å²) < 4.78 is 16.5. The summed E-state index contributed by atoms with van der Waals surface area (Å²) in [5.41, 5.74) is -1.94. The van der Waals surface area contributed by atoms with Crippen molar-refractivity contribution in [3.8, 4) is 0 Å². The fourth-order valence-electron chi connectivity index (χ4n) is 3.49. The predicted molar refractivity (Wildman–Crippen MR) is 86.7 cm³/mol. The Kier molecular flexibility index (Phi) is 6.22. The first-order valence-corrected chi connectivity index (χ1v) is 8.69. The second-order valence-electron chi connectivity index (χ2n) is 7.09. The van der Waals surface area contributed by atoms with Gasteiger partial charge in [-0.2, -0.15) is 0 Å². The minimum atomic E-state index is -1.28. The summed E-state index contributed by atoms with van der Waals surface area (Å²) in [4.78, 5) is 24.0. The van der Waals surface area contributed by atoms with Gasteiger partial charge in [0.25, 0.3) is 0 Å². The van der Waals surface area contributed by atoms with Crippen molar-refractivity contribution in [1.29, 1.82) is 0 Å². The highest BCUT2D eigenvalue weighted by Gasteiger charge is 2.66.